The summed E-state index contributed by atoms with van der Waals surface area (Å²) in [7, 11) is 0. The normalized spacial score (nSPS) is 17.9. The van der Waals surface area contributed by atoms with Gasteiger partial charge in [-0.1, -0.05) is 6.92 Å². The Morgan fingerprint density at radius 2 is 2.05 bits per heavy atom. The molecular weight excluding hydrogens is 356 g/mol. The van der Waals surface area contributed by atoms with Crippen LogP contribution in [0.2, 0.25) is 0 Å². The molecule has 1 atom stereocenters. The maximum Gasteiger partial charge on any atom is 0.143 e. The topological polar surface area (TPSA) is 12.0 Å². The molecule has 0 saturated carbocycles. The Morgan fingerprint density at radius 1 is 1.33 bits per heavy atom. The molecule has 0 radical (unpaired) electrons. The van der Waals surface area contributed by atoms with Crippen molar-refractivity contribution in [3.05, 3.63) is 33.8 Å². The predicted octanol–water partition coefficient (Wildman–Crippen LogP) is 4.78. The van der Waals surface area contributed by atoms with Crippen LogP contribution in [0.3, 0.4) is 0 Å². The van der Waals surface area contributed by atoms with Gasteiger partial charge >= 0.3 is 0 Å². The first-order valence-corrected chi connectivity index (χ1v) is 9.50. The van der Waals surface area contributed by atoms with Gasteiger partial charge in [-0.15, -0.1) is 0 Å². The smallest absolute Gasteiger partial charge is 0.143 e. The lowest BCUT2D eigenvalue weighted by Gasteiger charge is -2.27. The zero-order valence-corrected chi connectivity index (χ0v) is 14.7. The molecule has 0 amide bonds. The van der Waals surface area contributed by atoms with Crippen LogP contribution in [-0.2, 0) is 6.42 Å². The highest BCUT2D eigenvalue weighted by Crippen LogP contribution is 2.28. The molecule has 1 aromatic rings. The Hall–Kier alpha value is -0.130. The average Bonchev–Trinajstić information content (AvgIpc) is 2.49. The summed E-state index contributed by atoms with van der Waals surface area (Å²) in [5.41, 5.74) is 0.195. The number of likely N-dealkylation sites (N-methyl/N-ethyl adjacent to an activating group) is 1. The van der Waals surface area contributed by atoms with Crippen LogP contribution in [0.5, 0.6) is 0 Å². The van der Waals surface area contributed by atoms with E-state index in [0.29, 0.717) is 16.8 Å². The van der Waals surface area contributed by atoms with Crippen molar-refractivity contribution < 1.29 is 8.78 Å². The number of benzene rings is 1. The summed E-state index contributed by atoms with van der Waals surface area (Å²) in [6.07, 6.45) is 3.85. The molecular formula is C16H22BrF2NS. The van der Waals surface area contributed by atoms with Crippen LogP contribution in [0.4, 0.5) is 8.78 Å². The first-order chi connectivity index (χ1) is 10.1. The minimum absolute atomic E-state index is 0.140. The second kappa shape index (κ2) is 8.49. The summed E-state index contributed by atoms with van der Waals surface area (Å²) < 4.78 is 28.4. The lowest BCUT2D eigenvalue weighted by atomic mass is 9.91. The fourth-order valence-corrected chi connectivity index (χ4v) is 4.49. The van der Waals surface area contributed by atoms with Crippen LogP contribution >= 0.6 is 27.7 Å². The first kappa shape index (κ1) is 17.2. The van der Waals surface area contributed by atoms with E-state index in [2.05, 4.69) is 21.2 Å². The van der Waals surface area contributed by atoms with Crippen LogP contribution in [0.15, 0.2) is 16.6 Å². The lowest BCUT2D eigenvalue weighted by Crippen LogP contribution is -2.34. The van der Waals surface area contributed by atoms with Crippen molar-refractivity contribution in [3.8, 4) is 0 Å². The average molecular weight is 378 g/mol. The van der Waals surface area contributed by atoms with Crippen molar-refractivity contribution in [2.45, 2.75) is 38.6 Å². The molecule has 21 heavy (non-hydrogen) atoms. The standard InChI is InChI=1S/C16H22BrF2NS/c1-2-20-12(9-11-5-7-21-8-6-11)10-13-15(18)4-3-14(17)16(13)19/h3-4,11-12,20H,2,5-10H2,1H3. The molecule has 1 aromatic carbocycles. The van der Waals surface area contributed by atoms with E-state index < -0.39 is 11.6 Å². The van der Waals surface area contributed by atoms with E-state index in [4.69, 9.17) is 0 Å². The van der Waals surface area contributed by atoms with Gasteiger partial charge in [0.05, 0.1) is 4.47 Å². The molecule has 1 nitrogen and oxygen atoms in total. The summed E-state index contributed by atoms with van der Waals surface area (Å²) >= 11 is 5.15. The van der Waals surface area contributed by atoms with Crippen molar-refractivity contribution in [2.24, 2.45) is 5.92 Å². The molecule has 0 aliphatic carbocycles. The van der Waals surface area contributed by atoms with E-state index in [1.54, 1.807) is 0 Å². The minimum Gasteiger partial charge on any atom is -0.314 e. The van der Waals surface area contributed by atoms with E-state index >= 15 is 0 Å². The van der Waals surface area contributed by atoms with Crippen molar-refractivity contribution >= 4 is 27.7 Å². The molecule has 0 aromatic heterocycles. The third-order valence-electron chi connectivity index (χ3n) is 4.04. The monoisotopic (exact) mass is 377 g/mol. The zero-order chi connectivity index (χ0) is 15.2. The van der Waals surface area contributed by atoms with E-state index in [9.17, 15) is 8.78 Å². The Labute approximate surface area is 138 Å². The molecule has 0 bridgehead atoms. The van der Waals surface area contributed by atoms with Crippen LogP contribution in [-0.4, -0.2) is 24.1 Å². The lowest BCUT2D eigenvalue weighted by molar-refractivity contribution is 0.360. The molecule has 118 valence electrons. The van der Waals surface area contributed by atoms with Gasteiger partial charge in [-0.3, -0.25) is 0 Å². The summed E-state index contributed by atoms with van der Waals surface area (Å²) in [5.74, 6) is 2.19. The molecule has 2 rings (SSSR count). The molecule has 1 fully saturated rings. The molecule has 1 aliphatic heterocycles. The summed E-state index contributed by atoms with van der Waals surface area (Å²) in [5, 5.41) is 3.40. The summed E-state index contributed by atoms with van der Waals surface area (Å²) in [4.78, 5) is 0. The fraction of sp³-hybridized carbons (Fsp3) is 0.625. The zero-order valence-electron chi connectivity index (χ0n) is 12.3. The number of rotatable bonds is 6. The number of halogens is 3. The van der Waals surface area contributed by atoms with Gasteiger partial charge in [0, 0.05) is 11.6 Å². The SMILES string of the molecule is CCNC(Cc1c(F)ccc(Br)c1F)CC1CCSCC1. The fourth-order valence-electron chi connectivity index (χ4n) is 2.91. The van der Waals surface area contributed by atoms with Crippen LogP contribution in [0.25, 0.3) is 0 Å². The largest absolute Gasteiger partial charge is 0.314 e. The highest BCUT2D eigenvalue weighted by atomic mass is 79.9. The number of hydrogen-bond donors (Lipinski definition) is 1. The van der Waals surface area contributed by atoms with Gasteiger partial charge in [-0.25, -0.2) is 8.78 Å². The van der Waals surface area contributed by atoms with Crippen LogP contribution in [0, 0.1) is 17.6 Å². The highest BCUT2D eigenvalue weighted by molar-refractivity contribution is 9.10. The number of thioether (sulfide) groups is 1. The van der Waals surface area contributed by atoms with Gasteiger partial charge in [-0.2, -0.15) is 11.8 Å². The maximum atomic E-state index is 14.1. The molecule has 1 aliphatic rings. The second-order valence-electron chi connectivity index (χ2n) is 5.57. The van der Waals surface area contributed by atoms with Gasteiger partial charge in [0.2, 0.25) is 0 Å². The number of nitrogens with one attached hydrogen (secondary N) is 1. The molecule has 1 N–H and O–H groups in total. The van der Waals surface area contributed by atoms with Crippen molar-refractivity contribution in [1.29, 1.82) is 0 Å². The first-order valence-electron chi connectivity index (χ1n) is 7.55. The quantitative estimate of drug-likeness (QED) is 0.715. The summed E-state index contributed by atoms with van der Waals surface area (Å²) in [6.45, 7) is 2.86. The van der Waals surface area contributed by atoms with Gasteiger partial charge < -0.3 is 5.32 Å². The van der Waals surface area contributed by atoms with E-state index in [0.717, 1.165) is 13.0 Å². The molecule has 5 heteroatoms. The molecule has 1 heterocycles. The van der Waals surface area contributed by atoms with E-state index in [1.807, 2.05) is 18.7 Å². The predicted molar refractivity (Wildman–Crippen MR) is 89.9 cm³/mol. The molecule has 0 spiro atoms. The Morgan fingerprint density at radius 3 is 2.71 bits per heavy atom. The van der Waals surface area contributed by atoms with Gasteiger partial charge in [0.25, 0.3) is 0 Å². The van der Waals surface area contributed by atoms with E-state index in [-0.39, 0.29) is 11.6 Å². The van der Waals surface area contributed by atoms with Gasteiger partial charge in [0.15, 0.2) is 0 Å². The van der Waals surface area contributed by atoms with Crippen LogP contribution in [0.1, 0.15) is 31.7 Å². The van der Waals surface area contributed by atoms with Crippen molar-refractivity contribution in [3.63, 3.8) is 0 Å². The number of hydrogen-bond acceptors (Lipinski definition) is 2. The second-order valence-corrected chi connectivity index (χ2v) is 7.65. The third kappa shape index (κ3) is 4.93. The Kier molecular flexibility index (Phi) is 6.96. The van der Waals surface area contributed by atoms with Gasteiger partial charge in [-0.05, 0) is 77.7 Å². The third-order valence-corrected chi connectivity index (χ3v) is 5.70. The Bertz CT molecular complexity index is 464. The van der Waals surface area contributed by atoms with Crippen LogP contribution < -0.4 is 5.32 Å². The maximum absolute atomic E-state index is 14.1. The Balaban J connectivity index is 2.06. The van der Waals surface area contributed by atoms with E-state index in [1.165, 1.54) is 36.5 Å². The van der Waals surface area contributed by atoms with Crippen molar-refractivity contribution in [2.75, 3.05) is 18.1 Å². The molecule has 1 saturated heterocycles. The minimum atomic E-state index is -0.461. The summed E-state index contributed by atoms with van der Waals surface area (Å²) in [6, 6.07) is 2.90. The van der Waals surface area contributed by atoms with Gasteiger partial charge in [0.1, 0.15) is 11.6 Å². The molecule has 1 unspecified atom stereocenters. The highest BCUT2D eigenvalue weighted by Gasteiger charge is 2.22. The van der Waals surface area contributed by atoms with Crippen molar-refractivity contribution in [1.82, 2.24) is 5.32 Å².